The van der Waals surface area contributed by atoms with E-state index in [0.29, 0.717) is 22.8 Å². The van der Waals surface area contributed by atoms with E-state index in [1.165, 1.54) is 6.07 Å². The molecule has 0 bridgehead atoms. The fraction of sp³-hybridized carbons (Fsp3) is 0.0769. The molecule has 0 saturated carbocycles. The van der Waals surface area contributed by atoms with Crippen molar-refractivity contribution in [1.29, 1.82) is 0 Å². The van der Waals surface area contributed by atoms with Crippen molar-refractivity contribution >= 4 is 17.9 Å². The van der Waals surface area contributed by atoms with Crippen LogP contribution in [-0.2, 0) is 6.61 Å². The summed E-state index contributed by atoms with van der Waals surface area (Å²) < 4.78 is 5.46. The second-order valence-electron chi connectivity index (χ2n) is 3.55. The van der Waals surface area contributed by atoms with Gasteiger partial charge in [-0.05, 0) is 18.2 Å². The number of carbonyl (C=O) groups is 1. The van der Waals surface area contributed by atoms with E-state index in [9.17, 15) is 9.90 Å². The SMILES string of the molecule is O=Cc1c(O)cccc1OCc1cccnc1Cl. The van der Waals surface area contributed by atoms with Gasteiger partial charge in [-0.1, -0.05) is 23.7 Å². The van der Waals surface area contributed by atoms with E-state index in [1.54, 1.807) is 30.5 Å². The molecule has 92 valence electrons. The number of aromatic hydroxyl groups is 1. The van der Waals surface area contributed by atoms with Crippen molar-refractivity contribution in [3.05, 3.63) is 52.8 Å². The van der Waals surface area contributed by atoms with Crippen molar-refractivity contribution in [1.82, 2.24) is 4.98 Å². The van der Waals surface area contributed by atoms with Crippen molar-refractivity contribution in [2.75, 3.05) is 0 Å². The molecular weight excluding hydrogens is 254 g/mol. The van der Waals surface area contributed by atoms with Gasteiger partial charge in [0.1, 0.15) is 23.3 Å². The summed E-state index contributed by atoms with van der Waals surface area (Å²) in [6.45, 7) is 0.178. The summed E-state index contributed by atoms with van der Waals surface area (Å²) in [7, 11) is 0. The number of carbonyl (C=O) groups excluding carboxylic acids is 1. The third-order valence-electron chi connectivity index (χ3n) is 2.38. The largest absolute Gasteiger partial charge is 0.507 e. The highest BCUT2D eigenvalue weighted by atomic mass is 35.5. The molecule has 1 aromatic heterocycles. The molecule has 0 aliphatic heterocycles. The monoisotopic (exact) mass is 263 g/mol. The highest BCUT2D eigenvalue weighted by Crippen LogP contribution is 2.26. The van der Waals surface area contributed by atoms with Crippen molar-refractivity contribution in [2.24, 2.45) is 0 Å². The predicted octanol–water partition coefficient (Wildman–Crippen LogP) is 2.83. The number of pyridine rings is 1. The molecule has 2 rings (SSSR count). The first-order valence-electron chi connectivity index (χ1n) is 5.21. The lowest BCUT2D eigenvalue weighted by molar-refractivity contribution is 0.111. The Morgan fingerprint density at radius 2 is 2.17 bits per heavy atom. The summed E-state index contributed by atoms with van der Waals surface area (Å²) in [5, 5.41) is 9.85. The third-order valence-corrected chi connectivity index (χ3v) is 2.72. The van der Waals surface area contributed by atoms with E-state index < -0.39 is 0 Å². The number of phenols is 1. The lowest BCUT2D eigenvalue weighted by Gasteiger charge is -2.09. The Morgan fingerprint density at radius 1 is 1.33 bits per heavy atom. The van der Waals surface area contributed by atoms with E-state index in [1.807, 2.05) is 0 Å². The molecule has 1 aromatic carbocycles. The zero-order valence-electron chi connectivity index (χ0n) is 9.34. The van der Waals surface area contributed by atoms with Crippen LogP contribution in [0.1, 0.15) is 15.9 Å². The minimum absolute atomic E-state index is 0.111. The molecular formula is C13H10ClNO3. The van der Waals surface area contributed by atoms with Crippen molar-refractivity contribution in [3.63, 3.8) is 0 Å². The Balaban J connectivity index is 2.18. The summed E-state index contributed by atoms with van der Waals surface area (Å²) in [6, 6.07) is 8.15. The van der Waals surface area contributed by atoms with Gasteiger partial charge in [0.2, 0.25) is 0 Å². The van der Waals surface area contributed by atoms with Gasteiger partial charge < -0.3 is 9.84 Å². The predicted molar refractivity (Wildman–Crippen MR) is 67.1 cm³/mol. The average molecular weight is 264 g/mol. The van der Waals surface area contributed by atoms with E-state index in [4.69, 9.17) is 16.3 Å². The third kappa shape index (κ3) is 2.60. The number of halogens is 1. The molecule has 0 amide bonds. The zero-order valence-corrected chi connectivity index (χ0v) is 10.1. The topological polar surface area (TPSA) is 59.4 Å². The first kappa shape index (κ1) is 12.4. The highest BCUT2D eigenvalue weighted by Gasteiger charge is 2.09. The van der Waals surface area contributed by atoms with Crippen molar-refractivity contribution in [2.45, 2.75) is 6.61 Å². The fourth-order valence-electron chi connectivity index (χ4n) is 1.46. The highest BCUT2D eigenvalue weighted by molar-refractivity contribution is 6.30. The molecule has 0 radical (unpaired) electrons. The Kier molecular flexibility index (Phi) is 3.79. The van der Waals surface area contributed by atoms with Crippen molar-refractivity contribution < 1.29 is 14.6 Å². The second kappa shape index (κ2) is 5.51. The van der Waals surface area contributed by atoms with E-state index in [0.717, 1.165) is 0 Å². The molecule has 0 aliphatic carbocycles. The van der Waals surface area contributed by atoms with E-state index in [2.05, 4.69) is 4.98 Å². The number of phenolic OH excluding ortho intramolecular Hbond substituents is 1. The van der Waals surface area contributed by atoms with E-state index >= 15 is 0 Å². The Hall–Kier alpha value is -2.07. The van der Waals surface area contributed by atoms with Crippen LogP contribution in [0.25, 0.3) is 0 Å². The molecule has 5 heteroatoms. The molecule has 1 heterocycles. The fourth-order valence-corrected chi connectivity index (χ4v) is 1.63. The maximum atomic E-state index is 10.8. The summed E-state index contributed by atoms with van der Waals surface area (Å²) in [4.78, 5) is 14.8. The molecule has 2 aromatic rings. The van der Waals surface area contributed by atoms with E-state index in [-0.39, 0.29) is 17.9 Å². The van der Waals surface area contributed by atoms with Crippen LogP contribution in [-0.4, -0.2) is 16.4 Å². The van der Waals surface area contributed by atoms with Crippen LogP contribution in [0.3, 0.4) is 0 Å². The van der Waals surface area contributed by atoms with Gasteiger partial charge in [0.05, 0.1) is 5.56 Å². The lowest BCUT2D eigenvalue weighted by atomic mass is 10.2. The molecule has 4 nitrogen and oxygen atoms in total. The van der Waals surface area contributed by atoms with Gasteiger partial charge >= 0.3 is 0 Å². The molecule has 1 N–H and O–H groups in total. The minimum Gasteiger partial charge on any atom is -0.507 e. The number of hydrogen-bond donors (Lipinski definition) is 1. The molecule has 0 unspecified atom stereocenters. The Bertz CT molecular complexity index is 572. The second-order valence-corrected chi connectivity index (χ2v) is 3.91. The lowest BCUT2D eigenvalue weighted by Crippen LogP contribution is -1.99. The van der Waals surface area contributed by atoms with Crippen LogP contribution in [0, 0.1) is 0 Å². The molecule has 18 heavy (non-hydrogen) atoms. The number of nitrogens with zero attached hydrogens (tertiary/aromatic N) is 1. The normalized spacial score (nSPS) is 10.1. The maximum absolute atomic E-state index is 10.8. The molecule has 0 aliphatic rings. The Labute approximate surface area is 109 Å². The van der Waals surface area contributed by atoms with Crippen LogP contribution < -0.4 is 4.74 Å². The summed E-state index contributed by atoms with van der Waals surface area (Å²) in [5.74, 6) is 0.199. The first-order chi connectivity index (χ1) is 8.72. The van der Waals surface area contributed by atoms with Crippen LogP contribution in [0.4, 0.5) is 0 Å². The number of benzene rings is 1. The van der Waals surface area contributed by atoms with Crippen molar-refractivity contribution in [3.8, 4) is 11.5 Å². The van der Waals surface area contributed by atoms with Gasteiger partial charge in [0.25, 0.3) is 0 Å². The first-order valence-corrected chi connectivity index (χ1v) is 5.59. The van der Waals surface area contributed by atoms with Gasteiger partial charge in [-0.3, -0.25) is 4.79 Å². The average Bonchev–Trinajstić information content (AvgIpc) is 2.38. The van der Waals surface area contributed by atoms with Gasteiger partial charge in [-0.25, -0.2) is 4.98 Å². The Morgan fingerprint density at radius 3 is 2.89 bits per heavy atom. The smallest absolute Gasteiger partial charge is 0.157 e. The van der Waals surface area contributed by atoms with Gasteiger partial charge in [0.15, 0.2) is 6.29 Å². The molecule has 0 atom stereocenters. The van der Waals surface area contributed by atoms with Crippen LogP contribution in [0.15, 0.2) is 36.5 Å². The number of rotatable bonds is 4. The van der Waals surface area contributed by atoms with Crippen LogP contribution in [0.2, 0.25) is 5.15 Å². The van der Waals surface area contributed by atoms with Crippen LogP contribution in [0.5, 0.6) is 11.5 Å². The number of ether oxygens (including phenoxy) is 1. The molecule has 0 fully saturated rings. The maximum Gasteiger partial charge on any atom is 0.157 e. The number of aldehydes is 1. The van der Waals surface area contributed by atoms with Gasteiger partial charge in [0, 0.05) is 11.8 Å². The minimum atomic E-state index is -0.111. The van der Waals surface area contributed by atoms with Crippen LogP contribution >= 0.6 is 11.6 Å². The summed E-state index contributed by atoms with van der Waals surface area (Å²) in [5.41, 5.74) is 0.830. The standard InChI is InChI=1S/C13H10ClNO3/c14-13-9(3-2-6-15-13)8-18-12-5-1-4-11(17)10(12)7-16/h1-7,17H,8H2. The molecule has 0 spiro atoms. The molecule has 0 saturated heterocycles. The summed E-state index contributed by atoms with van der Waals surface area (Å²) >= 11 is 5.89. The zero-order chi connectivity index (χ0) is 13.0. The van der Waals surface area contributed by atoms with Gasteiger partial charge in [-0.15, -0.1) is 0 Å². The van der Waals surface area contributed by atoms with Gasteiger partial charge in [-0.2, -0.15) is 0 Å². The number of aromatic nitrogens is 1. The summed E-state index contributed by atoms with van der Waals surface area (Å²) in [6.07, 6.45) is 2.13. The number of hydrogen-bond acceptors (Lipinski definition) is 4. The quantitative estimate of drug-likeness (QED) is 0.681.